The number of benzene rings is 2. The van der Waals surface area contributed by atoms with Crippen molar-refractivity contribution in [1.29, 1.82) is 5.26 Å². The molecule has 2 aromatic heterocycles. The van der Waals surface area contributed by atoms with Crippen molar-refractivity contribution in [2.24, 2.45) is 7.05 Å². The summed E-state index contributed by atoms with van der Waals surface area (Å²) in [5.41, 5.74) is 3.93. The Bertz CT molecular complexity index is 1180. The number of methoxy groups -OCH3 is 1. The Hall–Kier alpha value is -3.30. The SMILES string of the molecule is COc1cc2ncc3c(c(-c4ccc(C#N)cc4)nn3C)c2cc1OCl. The molecule has 4 aromatic rings. The highest BCUT2D eigenvalue weighted by Crippen LogP contribution is 2.38. The van der Waals surface area contributed by atoms with Gasteiger partial charge in [-0.2, -0.15) is 10.4 Å². The zero-order valence-electron chi connectivity index (χ0n) is 14.0. The molecule has 0 atom stereocenters. The van der Waals surface area contributed by atoms with Crippen LogP contribution in [-0.2, 0) is 7.05 Å². The molecule has 0 aliphatic heterocycles. The molecular weight excluding hydrogens is 352 g/mol. The smallest absolute Gasteiger partial charge is 0.188 e. The summed E-state index contributed by atoms with van der Waals surface area (Å²) in [6, 6.07) is 13.0. The Morgan fingerprint density at radius 3 is 2.58 bits per heavy atom. The minimum Gasteiger partial charge on any atom is -0.493 e. The minimum absolute atomic E-state index is 0.408. The average molecular weight is 365 g/mol. The number of aromatic nitrogens is 3. The number of pyridine rings is 1. The third kappa shape index (κ3) is 2.41. The van der Waals surface area contributed by atoms with Gasteiger partial charge in [0.1, 0.15) is 17.6 Å². The molecule has 0 aliphatic carbocycles. The van der Waals surface area contributed by atoms with Gasteiger partial charge in [0.05, 0.1) is 36.0 Å². The van der Waals surface area contributed by atoms with Crippen LogP contribution in [0, 0.1) is 11.3 Å². The maximum Gasteiger partial charge on any atom is 0.188 e. The van der Waals surface area contributed by atoms with Crippen molar-refractivity contribution in [2.45, 2.75) is 0 Å². The van der Waals surface area contributed by atoms with E-state index in [1.807, 2.05) is 19.2 Å². The van der Waals surface area contributed by atoms with Gasteiger partial charge in [-0.3, -0.25) is 9.67 Å². The lowest BCUT2D eigenvalue weighted by Gasteiger charge is -2.08. The Kier molecular flexibility index (Phi) is 3.86. The first kappa shape index (κ1) is 16.2. The van der Waals surface area contributed by atoms with Crippen LogP contribution < -0.4 is 9.03 Å². The third-order valence-electron chi connectivity index (χ3n) is 4.34. The number of rotatable bonds is 3. The van der Waals surface area contributed by atoms with Crippen LogP contribution in [-0.4, -0.2) is 21.9 Å². The van der Waals surface area contributed by atoms with Crippen molar-refractivity contribution in [3.8, 4) is 28.8 Å². The molecule has 0 amide bonds. The number of hydrogen-bond donors (Lipinski definition) is 0. The highest BCUT2D eigenvalue weighted by Gasteiger charge is 2.17. The monoisotopic (exact) mass is 364 g/mol. The van der Waals surface area contributed by atoms with Crippen LogP contribution in [0.1, 0.15) is 5.56 Å². The Labute approximate surface area is 154 Å². The molecule has 26 heavy (non-hydrogen) atoms. The van der Waals surface area contributed by atoms with Crippen molar-refractivity contribution in [2.75, 3.05) is 7.11 Å². The largest absolute Gasteiger partial charge is 0.493 e. The van der Waals surface area contributed by atoms with E-state index in [0.717, 1.165) is 33.1 Å². The van der Waals surface area contributed by atoms with Gasteiger partial charge in [-0.15, -0.1) is 0 Å². The van der Waals surface area contributed by atoms with E-state index in [1.54, 1.807) is 42.3 Å². The molecule has 0 N–H and O–H groups in total. The quantitative estimate of drug-likeness (QED) is 0.544. The van der Waals surface area contributed by atoms with Crippen molar-refractivity contribution < 1.29 is 9.03 Å². The maximum atomic E-state index is 9.01. The number of nitrogens with zero attached hydrogens (tertiary/aromatic N) is 4. The fraction of sp³-hybridized carbons (Fsp3) is 0.105. The van der Waals surface area contributed by atoms with Crippen molar-refractivity contribution in [3.05, 3.63) is 48.2 Å². The lowest BCUT2D eigenvalue weighted by Crippen LogP contribution is -1.91. The van der Waals surface area contributed by atoms with Gasteiger partial charge >= 0.3 is 0 Å². The molecule has 7 heteroatoms. The molecule has 0 unspecified atom stereocenters. The van der Waals surface area contributed by atoms with Gasteiger partial charge in [0.25, 0.3) is 0 Å². The third-order valence-corrected chi connectivity index (χ3v) is 4.51. The first-order chi connectivity index (χ1) is 12.7. The zero-order chi connectivity index (χ0) is 18.3. The van der Waals surface area contributed by atoms with Gasteiger partial charge in [0.15, 0.2) is 11.5 Å². The predicted molar refractivity (Wildman–Crippen MR) is 99.2 cm³/mol. The van der Waals surface area contributed by atoms with Gasteiger partial charge in [-0.25, -0.2) is 0 Å². The van der Waals surface area contributed by atoms with Crippen molar-refractivity contribution >= 4 is 33.7 Å². The molecule has 0 saturated carbocycles. The summed E-state index contributed by atoms with van der Waals surface area (Å²) in [7, 11) is 3.41. The number of halogens is 1. The molecule has 6 nitrogen and oxygen atoms in total. The van der Waals surface area contributed by atoms with E-state index < -0.39 is 0 Å². The van der Waals surface area contributed by atoms with E-state index in [9.17, 15) is 0 Å². The lowest BCUT2D eigenvalue weighted by atomic mass is 10.0. The van der Waals surface area contributed by atoms with E-state index in [-0.39, 0.29) is 0 Å². The fourth-order valence-electron chi connectivity index (χ4n) is 3.06. The molecular formula is C19H13ClN4O2. The molecule has 4 rings (SSSR count). The molecule has 0 bridgehead atoms. The number of hydrogen-bond acceptors (Lipinski definition) is 5. The van der Waals surface area contributed by atoms with Gasteiger partial charge in [0.2, 0.25) is 0 Å². The van der Waals surface area contributed by atoms with E-state index >= 15 is 0 Å². The second-order valence-corrected chi connectivity index (χ2v) is 5.93. The van der Waals surface area contributed by atoms with Gasteiger partial charge in [-0.05, 0) is 18.2 Å². The Morgan fingerprint density at radius 2 is 1.92 bits per heavy atom. The summed E-state index contributed by atoms with van der Waals surface area (Å²) in [5.74, 6) is 0.911. The summed E-state index contributed by atoms with van der Waals surface area (Å²) in [4.78, 5) is 4.51. The Morgan fingerprint density at radius 1 is 1.15 bits per heavy atom. The highest BCUT2D eigenvalue weighted by atomic mass is 35.5. The van der Waals surface area contributed by atoms with E-state index in [2.05, 4.69) is 16.2 Å². The number of nitriles is 1. The normalized spacial score (nSPS) is 10.8. The summed E-state index contributed by atoms with van der Waals surface area (Å²) >= 11 is 5.61. The lowest BCUT2D eigenvalue weighted by molar-refractivity contribution is 0.398. The van der Waals surface area contributed by atoms with Crippen LogP contribution in [0.4, 0.5) is 0 Å². The average Bonchev–Trinajstić information content (AvgIpc) is 3.03. The van der Waals surface area contributed by atoms with E-state index in [0.29, 0.717) is 17.1 Å². The van der Waals surface area contributed by atoms with Gasteiger partial charge < -0.3 is 9.03 Å². The molecule has 0 radical (unpaired) electrons. The van der Waals surface area contributed by atoms with Crippen LogP contribution >= 0.6 is 11.9 Å². The predicted octanol–water partition coefficient (Wildman–Crippen LogP) is 4.20. The molecule has 0 spiro atoms. The van der Waals surface area contributed by atoms with Crippen LogP contribution in [0.25, 0.3) is 33.1 Å². The van der Waals surface area contributed by atoms with Crippen molar-refractivity contribution in [1.82, 2.24) is 14.8 Å². The number of aryl methyl sites for hydroxylation is 1. The van der Waals surface area contributed by atoms with Crippen LogP contribution in [0.5, 0.6) is 11.5 Å². The molecule has 0 aliphatic rings. The van der Waals surface area contributed by atoms with Gasteiger partial charge in [-0.1, -0.05) is 12.1 Å². The van der Waals surface area contributed by atoms with Crippen LogP contribution in [0.3, 0.4) is 0 Å². The number of ether oxygens (including phenoxy) is 1. The summed E-state index contributed by atoms with van der Waals surface area (Å²) < 4.78 is 12.0. The summed E-state index contributed by atoms with van der Waals surface area (Å²) in [6.07, 6.45) is 1.78. The van der Waals surface area contributed by atoms with Crippen LogP contribution in [0.2, 0.25) is 0 Å². The first-order valence-electron chi connectivity index (χ1n) is 7.79. The standard InChI is InChI=1S/C19H13ClN4O2/c1-24-15-10-22-14-8-16(25-2)17(26-20)7-13(14)18(15)19(23-24)12-5-3-11(9-21)4-6-12/h3-8,10H,1-2H3. The second kappa shape index (κ2) is 6.21. The molecule has 128 valence electrons. The van der Waals surface area contributed by atoms with E-state index in [1.165, 1.54) is 0 Å². The van der Waals surface area contributed by atoms with Crippen molar-refractivity contribution in [3.63, 3.8) is 0 Å². The van der Waals surface area contributed by atoms with E-state index in [4.69, 9.17) is 26.2 Å². The minimum atomic E-state index is 0.408. The molecule has 0 saturated heterocycles. The molecule has 2 aromatic carbocycles. The maximum absolute atomic E-state index is 9.01. The molecule has 0 fully saturated rings. The number of fused-ring (bicyclic) bond motifs is 3. The van der Waals surface area contributed by atoms with Crippen LogP contribution in [0.15, 0.2) is 42.6 Å². The Balaban J connectivity index is 2.07. The summed E-state index contributed by atoms with van der Waals surface area (Å²) in [6.45, 7) is 0. The first-order valence-corrected chi connectivity index (χ1v) is 8.09. The highest BCUT2D eigenvalue weighted by molar-refractivity contribution is 6.13. The topological polar surface area (TPSA) is 73.0 Å². The molecule has 2 heterocycles. The second-order valence-electron chi connectivity index (χ2n) is 5.78. The van der Waals surface area contributed by atoms with Gasteiger partial charge in [0, 0.05) is 29.4 Å². The summed E-state index contributed by atoms with van der Waals surface area (Å²) in [5, 5.41) is 15.4. The zero-order valence-corrected chi connectivity index (χ0v) is 14.8. The fourth-order valence-corrected chi connectivity index (χ4v) is 3.18.